The summed E-state index contributed by atoms with van der Waals surface area (Å²) < 4.78 is 15.3. The van der Waals surface area contributed by atoms with Gasteiger partial charge in [-0.1, -0.05) is 18.2 Å². The second kappa shape index (κ2) is 5.28. The number of anilines is 2. The first-order valence-electron chi connectivity index (χ1n) is 6.52. The van der Waals surface area contributed by atoms with Crippen LogP contribution in [0.15, 0.2) is 54.7 Å². The second-order valence-electron chi connectivity index (χ2n) is 4.79. The maximum absolute atomic E-state index is 13.5. The molecule has 1 aromatic heterocycles. The summed E-state index contributed by atoms with van der Waals surface area (Å²) >= 11 is 0. The lowest BCUT2D eigenvalue weighted by atomic mass is 10.2. The molecular formula is C16H14FN3O. The third kappa shape index (κ3) is 2.72. The summed E-state index contributed by atoms with van der Waals surface area (Å²) in [5.41, 5.74) is 7.45. The Hall–Kier alpha value is -2.82. The van der Waals surface area contributed by atoms with Gasteiger partial charge in [0.15, 0.2) is 0 Å². The van der Waals surface area contributed by atoms with Crippen molar-refractivity contribution in [1.82, 2.24) is 4.57 Å². The molecule has 5 heteroatoms. The van der Waals surface area contributed by atoms with Crippen molar-refractivity contribution in [2.75, 3.05) is 11.1 Å². The van der Waals surface area contributed by atoms with Crippen molar-refractivity contribution >= 4 is 28.2 Å². The summed E-state index contributed by atoms with van der Waals surface area (Å²) in [4.78, 5) is 12.0. The van der Waals surface area contributed by atoms with E-state index in [1.807, 2.05) is 30.5 Å². The normalized spacial score (nSPS) is 10.7. The molecule has 0 aliphatic carbocycles. The van der Waals surface area contributed by atoms with Crippen molar-refractivity contribution in [3.63, 3.8) is 0 Å². The lowest BCUT2D eigenvalue weighted by molar-refractivity contribution is -0.116. The number of aromatic nitrogens is 1. The number of carbonyl (C=O) groups is 1. The molecule has 0 fully saturated rings. The van der Waals surface area contributed by atoms with Gasteiger partial charge >= 0.3 is 0 Å². The zero-order chi connectivity index (χ0) is 14.8. The van der Waals surface area contributed by atoms with Crippen molar-refractivity contribution in [3.05, 3.63) is 60.5 Å². The van der Waals surface area contributed by atoms with Crippen LogP contribution in [0.2, 0.25) is 0 Å². The van der Waals surface area contributed by atoms with Crippen molar-refractivity contribution in [2.24, 2.45) is 0 Å². The van der Waals surface area contributed by atoms with Crippen LogP contribution in [0.5, 0.6) is 0 Å². The SMILES string of the molecule is Nc1ccc2ccn(CC(=O)Nc3ccccc3F)c2c1. The third-order valence-electron chi connectivity index (χ3n) is 3.26. The Labute approximate surface area is 121 Å². The molecule has 1 heterocycles. The van der Waals surface area contributed by atoms with Crippen molar-refractivity contribution < 1.29 is 9.18 Å². The lowest BCUT2D eigenvalue weighted by Crippen LogP contribution is -2.18. The van der Waals surface area contributed by atoms with Crippen LogP contribution in [0.3, 0.4) is 0 Å². The molecule has 2 aromatic carbocycles. The maximum atomic E-state index is 13.5. The summed E-state index contributed by atoms with van der Waals surface area (Å²) in [5.74, 6) is -0.743. The highest BCUT2D eigenvalue weighted by atomic mass is 19.1. The van der Waals surface area contributed by atoms with Crippen LogP contribution in [0.1, 0.15) is 0 Å². The minimum Gasteiger partial charge on any atom is -0.399 e. The molecule has 0 aliphatic heterocycles. The van der Waals surface area contributed by atoms with Gasteiger partial charge in [-0.25, -0.2) is 4.39 Å². The molecule has 0 bridgehead atoms. The van der Waals surface area contributed by atoms with Gasteiger partial charge in [0.1, 0.15) is 12.4 Å². The fourth-order valence-corrected chi connectivity index (χ4v) is 2.25. The van der Waals surface area contributed by atoms with E-state index in [0.29, 0.717) is 5.69 Å². The first-order chi connectivity index (χ1) is 10.1. The Morgan fingerprint density at radius 2 is 2.00 bits per heavy atom. The summed E-state index contributed by atoms with van der Waals surface area (Å²) in [6.07, 6.45) is 1.81. The lowest BCUT2D eigenvalue weighted by Gasteiger charge is -2.08. The molecule has 0 saturated carbocycles. The largest absolute Gasteiger partial charge is 0.399 e. The molecule has 21 heavy (non-hydrogen) atoms. The smallest absolute Gasteiger partial charge is 0.244 e. The minimum atomic E-state index is -0.451. The van der Waals surface area contributed by atoms with Gasteiger partial charge in [0, 0.05) is 11.9 Å². The number of nitrogens with two attached hydrogens (primary N) is 1. The molecule has 0 radical (unpaired) electrons. The molecule has 3 aromatic rings. The number of nitrogens with zero attached hydrogens (tertiary/aromatic N) is 1. The van der Waals surface area contributed by atoms with E-state index in [1.54, 1.807) is 16.7 Å². The van der Waals surface area contributed by atoms with Gasteiger partial charge in [-0.15, -0.1) is 0 Å². The Balaban J connectivity index is 1.80. The van der Waals surface area contributed by atoms with E-state index in [0.717, 1.165) is 10.9 Å². The van der Waals surface area contributed by atoms with Crippen molar-refractivity contribution in [2.45, 2.75) is 6.54 Å². The zero-order valence-electron chi connectivity index (χ0n) is 11.2. The number of halogens is 1. The highest BCUT2D eigenvalue weighted by molar-refractivity contribution is 5.92. The van der Waals surface area contributed by atoms with Gasteiger partial charge in [-0.3, -0.25) is 4.79 Å². The van der Waals surface area contributed by atoms with Crippen LogP contribution in [0.4, 0.5) is 15.8 Å². The van der Waals surface area contributed by atoms with Crippen LogP contribution >= 0.6 is 0 Å². The summed E-state index contributed by atoms with van der Waals surface area (Å²) in [5, 5.41) is 3.56. The number of amides is 1. The van der Waals surface area contributed by atoms with Gasteiger partial charge in [0.2, 0.25) is 5.91 Å². The Kier molecular flexibility index (Phi) is 3.31. The maximum Gasteiger partial charge on any atom is 0.244 e. The summed E-state index contributed by atoms with van der Waals surface area (Å²) in [6, 6.07) is 13.5. The van der Waals surface area contributed by atoms with Crippen molar-refractivity contribution in [3.8, 4) is 0 Å². The molecule has 4 nitrogen and oxygen atoms in total. The van der Waals surface area contributed by atoms with Gasteiger partial charge in [-0.2, -0.15) is 0 Å². The van der Waals surface area contributed by atoms with Gasteiger partial charge in [0.25, 0.3) is 0 Å². The zero-order valence-corrected chi connectivity index (χ0v) is 11.2. The van der Waals surface area contributed by atoms with Crippen LogP contribution in [0, 0.1) is 5.82 Å². The second-order valence-corrected chi connectivity index (χ2v) is 4.79. The van der Waals surface area contributed by atoms with Gasteiger partial charge < -0.3 is 15.6 Å². The summed E-state index contributed by atoms with van der Waals surface area (Å²) in [7, 11) is 0. The number of hydrogen-bond acceptors (Lipinski definition) is 2. The number of hydrogen-bond donors (Lipinski definition) is 2. The molecule has 106 valence electrons. The predicted molar refractivity (Wildman–Crippen MR) is 81.4 cm³/mol. The van der Waals surface area contributed by atoms with E-state index in [-0.39, 0.29) is 18.1 Å². The third-order valence-corrected chi connectivity index (χ3v) is 3.26. The van der Waals surface area contributed by atoms with Crippen molar-refractivity contribution in [1.29, 1.82) is 0 Å². The Bertz CT molecular complexity index is 810. The quantitative estimate of drug-likeness (QED) is 0.726. The highest BCUT2D eigenvalue weighted by Crippen LogP contribution is 2.19. The fourth-order valence-electron chi connectivity index (χ4n) is 2.25. The number of nitrogens with one attached hydrogen (secondary N) is 1. The van der Waals surface area contributed by atoms with E-state index < -0.39 is 5.82 Å². The number of nitrogen functional groups attached to an aromatic ring is 1. The molecular weight excluding hydrogens is 269 g/mol. The van der Waals surface area contributed by atoms with Crippen LogP contribution < -0.4 is 11.1 Å². The highest BCUT2D eigenvalue weighted by Gasteiger charge is 2.09. The van der Waals surface area contributed by atoms with E-state index in [2.05, 4.69) is 5.32 Å². The first-order valence-corrected chi connectivity index (χ1v) is 6.52. The van der Waals surface area contributed by atoms with Crippen LogP contribution in [-0.2, 0) is 11.3 Å². The number of benzene rings is 2. The first kappa shape index (κ1) is 13.2. The van der Waals surface area contributed by atoms with Gasteiger partial charge in [-0.05, 0) is 35.7 Å². The van der Waals surface area contributed by atoms with E-state index in [9.17, 15) is 9.18 Å². The summed E-state index contributed by atoms with van der Waals surface area (Å²) in [6.45, 7) is 0.0985. The molecule has 1 amide bonds. The number of carbonyl (C=O) groups excluding carboxylic acids is 1. The predicted octanol–water partition coefficient (Wildman–Crippen LogP) is 3.00. The average Bonchev–Trinajstić information content (AvgIpc) is 2.84. The molecule has 3 rings (SSSR count). The van der Waals surface area contributed by atoms with Gasteiger partial charge in [0.05, 0.1) is 11.2 Å². The molecule has 0 aliphatic rings. The Morgan fingerprint density at radius 3 is 2.81 bits per heavy atom. The standard InChI is InChI=1S/C16H14FN3O/c17-13-3-1-2-4-14(13)19-16(21)10-20-8-7-11-5-6-12(18)9-15(11)20/h1-9H,10,18H2,(H,19,21). The average molecular weight is 283 g/mol. The fraction of sp³-hybridized carbons (Fsp3) is 0.0625. The number of fused-ring (bicyclic) bond motifs is 1. The molecule has 3 N–H and O–H groups in total. The number of para-hydroxylation sites is 1. The Morgan fingerprint density at radius 1 is 1.19 bits per heavy atom. The van der Waals surface area contributed by atoms with E-state index in [1.165, 1.54) is 12.1 Å². The van der Waals surface area contributed by atoms with E-state index >= 15 is 0 Å². The molecule has 0 spiro atoms. The molecule has 0 atom stereocenters. The van der Waals surface area contributed by atoms with E-state index in [4.69, 9.17) is 5.73 Å². The topological polar surface area (TPSA) is 60.0 Å². The minimum absolute atomic E-state index is 0.0985. The molecule has 0 saturated heterocycles. The molecule has 0 unspecified atom stereocenters. The van der Waals surface area contributed by atoms with Crippen LogP contribution in [0.25, 0.3) is 10.9 Å². The van der Waals surface area contributed by atoms with Crippen LogP contribution in [-0.4, -0.2) is 10.5 Å². The number of rotatable bonds is 3. The monoisotopic (exact) mass is 283 g/mol.